The van der Waals surface area contributed by atoms with Gasteiger partial charge in [0.05, 0.1) is 6.33 Å². The van der Waals surface area contributed by atoms with Gasteiger partial charge in [0.2, 0.25) is 0 Å². The maximum atomic E-state index is 13.0. The second-order valence-corrected chi connectivity index (χ2v) is 6.35. The van der Waals surface area contributed by atoms with Crippen LogP contribution in [0.5, 0.6) is 0 Å². The Morgan fingerprint density at radius 3 is 2.87 bits per heavy atom. The zero-order chi connectivity index (χ0) is 15.6. The van der Waals surface area contributed by atoms with Crippen LogP contribution in [0.25, 0.3) is 11.2 Å². The summed E-state index contributed by atoms with van der Waals surface area (Å²) in [5, 5.41) is 0.830. The van der Waals surface area contributed by atoms with Crippen LogP contribution in [0.15, 0.2) is 41.9 Å². The lowest BCUT2D eigenvalue weighted by Gasteiger charge is -2.11. The first kappa shape index (κ1) is 14.6. The molecule has 1 unspecified atom stereocenters. The number of nitrogens with zero attached hydrogens (tertiary/aromatic N) is 4. The summed E-state index contributed by atoms with van der Waals surface area (Å²) < 4.78 is 20.6. The van der Waals surface area contributed by atoms with E-state index in [9.17, 15) is 4.39 Å². The summed E-state index contributed by atoms with van der Waals surface area (Å²) >= 11 is 1.57. The molecule has 118 valence electrons. The van der Waals surface area contributed by atoms with Gasteiger partial charge in [-0.25, -0.2) is 19.3 Å². The van der Waals surface area contributed by atoms with Crippen molar-refractivity contribution in [3.63, 3.8) is 0 Å². The topological polar surface area (TPSA) is 52.8 Å². The van der Waals surface area contributed by atoms with Gasteiger partial charge in [0.25, 0.3) is 0 Å². The molecule has 0 spiro atoms. The number of hydrogen-bond donors (Lipinski definition) is 0. The van der Waals surface area contributed by atoms with Crippen molar-refractivity contribution >= 4 is 22.9 Å². The van der Waals surface area contributed by atoms with Gasteiger partial charge in [0.15, 0.2) is 5.65 Å². The Morgan fingerprint density at radius 2 is 2.09 bits per heavy atom. The fraction of sp³-hybridized carbons (Fsp3) is 0.312. The maximum absolute atomic E-state index is 13.0. The summed E-state index contributed by atoms with van der Waals surface area (Å²) in [6, 6.07) is 6.51. The smallest absolute Gasteiger partial charge is 0.166 e. The van der Waals surface area contributed by atoms with Gasteiger partial charge >= 0.3 is 0 Å². The van der Waals surface area contributed by atoms with Crippen LogP contribution < -0.4 is 0 Å². The Balaban J connectivity index is 1.58. The molecular weight excluding hydrogens is 315 g/mol. The minimum atomic E-state index is -0.224. The van der Waals surface area contributed by atoms with Gasteiger partial charge in [-0.1, -0.05) is 23.9 Å². The molecule has 1 atom stereocenters. The van der Waals surface area contributed by atoms with E-state index in [1.54, 1.807) is 36.5 Å². The van der Waals surface area contributed by atoms with Crippen molar-refractivity contribution in [3.05, 3.63) is 48.3 Å². The number of halogens is 1. The van der Waals surface area contributed by atoms with Crippen LogP contribution in [0, 0.1) is 5.82 Å². The van der Waals surface area contributed by atoms with Crippen LogP contribution in [0.4, 0.5) is 4.39 Å². The molecule has 0 saturated carbocycles. The van der Waals surface area contributed by atoms with E-state index in [1.807, 2.05) is 4.57 Å². The molecule has 0 radical (unpaired) electrons. The second-order valence-electron chi connectivity index (χ2n) is 5.39. The largest absolute Gasteiger partial charge is 0.358 e. The van der Waals surface area contributed by atoms with Crippen molar-refractivity contribution in [1.82, 2.24) is 19.5 Å². The Labute approximate surface area is 136 Å². The molecule has 1 fully saturated rings. The van der Waals surface area contributed by atoms with Crippen molar-refractivity contribution in [2.24, 2.45) is 0 Å². The van der Waals surface area contributed by atoms with Crippen LogP contribution >= 0.6 is 11.8 Å². The van der Waals surface area contributed by atoms with Crippen LogP contribution in [-0.4, -0.2) is 26.1 Å². The molecule has 3 aromatic rings. The van der Waals surface area contributed by atoms with Crippen LogP contribution in [0.3, 0.4) is 0 Å². The van der Waals surface area contributed by atoms with E-state index in [0.29, 0.717) is 5.75 Å². The first-order valence-electron chi connectivity index (χ1n) is 7.47. The monoisotopic (exact) mass is 330 g/mol. The lowest BCUT2D eigenvalue weighted by Crippen LogP contribution is -2.06. The molecule has 4 rings (SSSR count). The predicted octanol–water partition coefficient (Wildman–Crippen LogP) is 3.57. The molecular formula is C16H15FN4OS. The van der Waals surface area contributed by atoms with Gasteiger partial charge in [-0.2, -0.15) is 0 Å². The lowest BCUT2D eigenvalue weighted by molar-refractivity contribution is 0.0593. The third-order valence-corrected chi connectivity index (χ3v) is 4.88. The molecule has 2 aromatic heterocycles. The predicted molar refractivity (Wildman–Crippen MR) is 85.5 cm³/mol. The minimum Gasteiger partial charge on any atom is -0.358 e. The van der Waals surface area contributed by atoms with E-state index in [0.717, 1.165) is 41.2 Å². The quantitative estimate of drug-likeness (QED) is 0.541. The van der Waals surface area contributed by atoms with Crippen molar-refractivity contribution in [2.75, 3.05) is 6.61 Å². The molecule has 7 heteroatoms. The Morgan fingerprint density at radius 1 is 1.22 bits per heavy atom. The van der Waals surface area contributed by atoms with Crippen molar-refractivity contribution in [1.29, 1.82) is 0 Å². The van der Waals surface area contributed by atoms with Gasteiger partial charge in [-0.05, 0) is 30.5 Å². The third kappa shape index (κ3) is 2.94. The SMILES string of the molecule is Fc1ccc(CSc2ncnc3c2ncn3C2CCCO2)cc1. The Bertz CT molecular complexity index is 815. The molecule has 23 heavy (non-hydrogen) atoms. The van der Waals surface area contributed by atoms with E-state index in [1.165, 1.54) is 12.1 Å². The standard InChI is InChI=1S/C16H15FN4OS/c17-12-5-3-11(4-6-12)8-23-16-14-15(18-9-19-16)21(10-20-14)13-2-1-7-22-13/h3-6,9-10,13H,1-2,7-8H2. The van der Waals surface area contributed by atoms with Crippen LogP contribution in [-0.2, 0) is 10.5 Å². The number of hydrogen-bond acceptors (Lipinski definition) is 5. The molecule has 5 nitrogen and oxygen atoms in total. The molecule has 0 N–H and O–H groups in total. The summed E-state index contributed by atoms with van der Waals surface area (Å²) in [6.45, 7) is 0.779. The number of imidazole rings is 1. The van der Waals surface area contributed by atoms with Gasteiger partial charge in [-0.15, -0.1) is 0 Å². The zero-order valence-electron chi connectivity index (χ0n) is 12.4. The Kier molecular flexibility index (Phi) is 3.97. The van der Waals surface area contributed by atoms with Gasteiger partial charge < -0.3 is 4.74 Å². The van der Waals surface area contributed by atoms with Crippen molar-refractivity contribution in [2.45, 2.75) is 29.8 Å². The van der Waals surface area contributed by atoms with E-state index in [2.05, 4.69) is 15.0 Å². The zero-order valence-corrected chi connectivity index (χ0v) is 13.2. The minimum absolute atomic E-state index is 0.0184. The highest BCUT2D eigenvalue weighted by atomic mass is 32.2. The number of ether oxygens (including phenoxy) is 1. The van der Waals surface area contributed by atoms with Crippen molar-refractivity contribution in [3.8, 4) is 0 Å². The molecule has 0 aliphatic carbocycles. The summed E-state index contributed by atoms with van der Waals surface area (Å²) in [4.78, 5) is 13.2. The van der Waals surface area contributed by atoms with Gasteiger partial charge in [-0.3, -0.25) is 4.57 Å². The lowest BCUT2D eigenvalue weighted by atomic mass is 10.2. The highest BCUT2D eigenvalue weighted by Gasteiger charge is 2.21. The molecule has 3 heterocycles. The fourth-order valence-corrected chi connectivity index (χ4v) is 3.56. The maximum Gasteiger partial charge on any atom is 0.166 e. The third-order valence-electron chi connectivity index (χ3n) is 3.83. The van der Waals surface area contributed by atoms with E-state index in [-0.39, 0.29) is 12.0 Å². The molecule has 1 saturated heterocycles. The number of benzene rings is 1. The molecule has 1 aromatic carbocycles. The molecule has 1 aliphatic heterocycles. The number of aromatic nitrogens is 4. The van der Waals surface area contributed by atoms with Gasteiger partial charge in [0, 0.05) is 12.4 Å². The van der Waals surface area contributed by atoms with Crippen molar-refractivity contribution < 1.29 is 9.13 Å². The van der Waals surface area contributed by atoms with E-state index in [4.69, 9.17) is 4.74 Å². The Hall–Kier alpha value is -1.99. The number of fused-ring (bicyclic) bond motifs is 1. The number of thioether (sulfide) groups is 1. The molecule has 0 amide bonds. The molecule has 1 aliphatic rings. The number of rotatable bonds is 4. The van der Waals surface area contributed by atoms with Crippen LogP contribution in [0.1, 0.15) is 24.6 Å². The summed E-state index contributed by atoms with van der Waals surface area (Å²) in [5.41, 5.74) is 2.63. The highest BCUT2D eigenvalue weighted by Crippen LogP contribution is 2.30. The van der Waals surface area contributed by atoms with Gasteiger partial charge in [0.1, 0.15) is 28.9 Å². The summed E-state index contributed by atoms with van der Waals surface area (Å²) in [7, 11) is 0. The normalized spacial score (nSPS) is 17.9. The summed E-state index contributed by atoms with van der Waals surface area (Å²) in [5.74, 6) is 0.484. The van der Waals surface area contributed by atoms with Crippen LogP contribution in [0.2, 0.25) is 0 Å². The second kappa shape index (κ2) is 6.25. The summed E-state index contributed by atoms with van der Waals surface area (Å²) in [6.07, 6.45) is 5.39. The van der Waals surface area contributed by atoms with E-state index >= 15 is 0 Å². The average Bonchev–Trinajstić information content (AvgIpc) is 3.23. The average molecular weight is 330 g/mol. The first-order valence-corrected chi connectivity index (χ1v) is 8.46. The first-order chi connectivity index (χ1) is 11.3. The van der Waals surface area contributed by atoms with E-state index < -0.39 is 0 Å². The molecule has 0 bridgehead atoms. The highest BCUT2D eigenvalue weighted by molar-refractivity contribution is 7.98. The fourth-order valence-electron chi connectivity index (χ4n) is 2.66.